The fourth-order valence-corrected chi connectivity index (χ4v) is 2.88. The zero-order chi connectivity index (χ0) is 7.19. The fraction of sp³-hybridized carbons (Fsp3) is 0.750. The van der Waals surface area contributed by atoms with Crippen molar-refractivity contribution in [1.29, 1.82) is 0 Å². The van der Waals surface area contributed by atoms with Crippen LogP contribution in [0.1, 0.15) is 12.8 Å². The van der Waals surface area contributed by atoms with Crippen molar-refractivity contribution in [2.24, 2.45) is 5.92 Å². The van der Waals surface area contributed by atoms with Crippen molar-refractivity contribution in [2.75, 3.05) is 7.11 Å². The van der Waals surface area contributed by atoms with E-state index in [-0.39, 0.29) is 3.89 Å². The molecular weight excluding hydrogens is 219 g/mol. The Morgan fingerprint density at radius 2 is 2.50 bits per heavy atom. The van der Waals surface area contributed by atoms with Crippen LogP contribution in [0, 0.1) is 5.92 Å². The average Bonchev–Trinajstić information content (AvgIpc) is 2.41. The van der Waals surface area contributed by atoms with Crippen molar-refractivity contribution in [1.82, 2.24) is 0 Å². The van der Waals surface area contributed by atoms with Crippen molar-refractivity contribution in [3.8, 4) is 0 Å². The summed E-state index contributed by atoms with van der Waals surface area (Å²) >= 11 is 3.42. The summed E-state index contributed by atoms with van der Waals surface area (Å²) < 4.78 is 5.58. The van der Waals surface area contributed by atoms with Gasteiger partial charge in [0, 0.05) is 0 Å². The molecule has 0 aromatic rings. The Labute approximate surface area is 72.2 Å². The van der Waals surface area contributed by atoms with Gasteiger partial charge in [-0.25, -0.2) is 0 Å². The second-order valence-electron chi connectivity index (χ2n) is 3.15. The first-order chi connectivity index (χ1) is 4.74. The van der Waals surface area contributed by atoms with Gasteiger partial charge in [0.2, 0.25) is 0 Å². The molecule has 0 radical (unpaired) electrons. The minimum absolute atomic E-state index is 0.224. The van der Waals surface area contributed by atoms with Gasteiger partial charge in [-0.3, -0.25) is 0 Å². The quantitative estimate of drug-likeness (QED) is 0.491. The van der Waals surface area contributed by atoms with E-state index < -0.39 is 0 Å². The van der Waals surface area contributed by atoms with E-state index in [4.69, 9.17) is 4.74 Å². The Kier molecular flexibility index (Phi) is 1.53. The monoisotopic (exact) mass is 229 g/mol. The van der Waals surface area contributed by atoms with Crippen LogP contribution in [0.3, 0.4) is 0 Å². The van der Waals surface area contributed by atoms with Gasteiger partial charge in [-0.2, -0.15) is 0 Å². The van der Waals surface area contributed by atoms with E-state index in [1.807, 2.05) is 0 Å². The molecule has 0 N–H and O–H groups in total. The molecule has 2 aliphatic rings. The molecule has 0 saturated heterocycles. The predicted molar refractivity (Wildman–Crippen MR) is 35.4 cm³/mol. The van der Waals surface area contributed by atoms with Crippen molar-refractivity contribution in [3.63, 3.8) is 0 Å². The molecule has 2 rings (SSSR count). The third-order valence-electron chi connectivity index (χ3n) is 2.51. The molecule has 0 spiro atoms. The molecule has 3 unspecified atom stereocenters. The predicted octanol–water partition coefficient (Wildman–Crippen LogP) is 1.69. The van der Waals surface area contributed by atoms with Crippen LogP contribution in [0.2, 0.25) is 3.89 Å². The average molecular weight is 230 g/mol. The first-order valence-corrected chi connectivity index (χ1v) is 4.40. The molecule has 2 bridgehead atoms. The van der Waals surface area contributed by atoms with Crippen LogP contribution in [-0.2, 0) is 23.9 Å². The molecular formula is C8H11OPd. The summed E-state index contributed by atoms with van der Waals surface area (Å²) in [4.78, 5) is 0. The van der Waals surface area contributed by atoms with E-state index >= 15 is 0 Å². The molecule has 10 heavy (non-hydrogen) atoms. The molecule has 0 heterocycles. The zero-order valence-corrected chi connectivity index (χ0v) is 7.50. The van der Waals surface area contributed by atoms with Gasteiger partial charge in [0.25, 0.3) is 0 Å². The number of allylic oxidation sites excluding steroid dienone is 1. The molecule has 3 atom stereocenters. The second-order valence-corrected chi connectivity index (χ2v) is 4.60. The Balaban J connectivity index is 2.23. The summed E-state index contributed by atoms with van der Waals surface area (Å²) in [6, 6.07) is 0. The van der Waals surface area contributed by atoms with E-state index in [1.165, 1.54) is 12.8 Å². The molecule has 0 aliphatic heterocycles. The number of hydrogen-bond donors (Lipinski definition) is 0. The topological polar surface area (TPSA) is 9.23 Å². The van der Waals surface area contributed by atoms with Gasteiger partial charge in [0.1, 0.15) is 0 Å². The van der Waals surface area contributed by atoms with Crippen molar-refractivity contribution in [3.05, 3.63) is 12.2 Å². The van der Waals surface area contributed by atoms with Crippen LogP contribution >= 0.6 is 0 Å². The van der Waals surface area contributed by atoms with Crippen LogP contribution < -0.4 is 0 Å². The first-order valence-electron chi connectivity index (χ1n) is 3.62. The van der Waals surface area contributed by atoms with E-state index in [0.717, 1.165) is 5.92 Å². The second kappa shape index (κ2) is 2.17. The third kappa shape index (κ3) is 0.830. The molecule has 1 nitrogen and oxygen atoms in total. The minimum atomic E-state index is 0.224. The molecule has 1 saturated carbocycles. The third-order valence-corrected chi connectivity index (χ3v) is 3.59. The first kappa shape index (κ1) is 7.04. The molecule has 2 heteroatoms. The van der Waals surface area contributed by atoms with E-state index in [2.05, 4.69) is 31.4 Å². The Bertz CT molecular complexity index is 178. The summed E-state index contributed by atoms with van der Waals surface area (Å²) in [6.07, 6.45) is 7.44. The van der Waals surface area contributed by atoms with Crippen LogP contribution in [0.15, 0.2) is 12.2 Å². The Hall–Kier alpha value is 0.362. The summed E-state index contributed by atoms with van der Waals surface area (Å²) in [5, 5.41) is 0. The summed E-state index contributed by atoms with van der Waals surface area (Å²) in [5.74, 6) is 0.777. The standard InChI is InChI=1S/C8H11O.Pd/c1-9-8-5-6-2-3-7(8)4-6;/h2-3,6,8H,4-5H2,1H3;. The van der Waals surface area contributed by atoms with Gasteiger partial charge in [0.15, 0.2) is 0 Å². The van der Waals surface area contributed by atoms with E-state index in [9.17, 15) is 0 Å². The zero-order valence-electron chi connectivity index (χ0n) is 5.95. The molecule has 59 valence electrons. The summed E-state index contributed by atoms with van der Waals surface area (Å²) in [5.41, 5.74) is 0. The number of rotatable bonds is 1. The van der Waals surface area contributed by atoms with E-state index in [1.54, 1.807) is 7.11 Å². The van der Waals surface area contributed by atoms with Crippen LogP contribution in [0.5, 0.6) is 0 Å². The maximum atomic E-state index is 5.36. The van der Waals surface area contributed by atoms with Crippen LogP contribution in [-0.4, -0.2) is 13.2 Å². The SMILES string of the molecule is COC1CC2C=C[C]1([Pd])C2. The van der Waals surface area contributed by atoms with Gasteiger partial charge < -0.3 is 0 Å². The molecule has 0 amide bonds. The fourth-order valence-electron chi connectivity index (χ4n) is 1.96. The summed E-state index contributed by atoms with van der Waals surface area (Å²) in [6.45, 7) is 0. The molecule has 0 aromatic heterocycles. The number of fused-ring (bicyclic) bond motifs is 2. The number of methoxy groups -OCH3 is 1. The van der Waals surface area contributed by atoms with Gasteiger partial charge in [-0.05, 0) is 0 Å². The van der Waals surface area contributed by atoms with Gasteiger partial charge >= 0.3 is 72.0 Å². The Morgan fingerprint density at radius 1 is 1.70 bits per heavy atom. The molecule has 1 fully saturated rings. The van der Waals surface area contributed by atoms with Crippen LogP contribution in [0.4, 0.5) is 0 Å². The maximum absolute atomic E-state index is 5.36. The molecule has 0 aromatic carbocycles. The summed E-state index contributed by atoms with van der Waals surface area (Å²) in [7, 11) is 1.80. The van der Waals surface area contributed by atoms with Crippen molar-refractivity contribution in [2.45, 2.75) is 22.8 Å². The number of ether oxygens (including phenoxy) is 1. The van der Waals surface area contributed by atoms with Gasteiger partial charge in [-0.15, -0.1) is 0 Å². The van der Waals surface area contributed by atoms with E-state index in [0.29, 0.717) is 6.10 Å². The number of hydrogen-bond acceptors (Lipinski definition) is 1. The molecule has 2 aliphatic carbocycles. The van der Waals surface area contributed by atoms with Gasteiger partial charge in [0.05, 0.1) is 0 Å². The Morgan fingerprint density at radius 3 is 2.80 bits per heavy atom. The normalized spacial score (nSPS) is 50.7. The van der Waals surface area contributed by atoms with Crippen LogP contribution in [0.25, 0.3) is 0 Å². The van der Waals surface area contributed by atoms with Crippen molar-refractivity contribution < 1.29 is 23.9 Å². The van der Waals surface area contributed by atoms with Crippen molar-refractivity contribution >= 4 is 0 Å². The van der Waals surface area contributed by atoms with Gasteiger partial charge in [-0.1, -0.05) is 0 Å².